The number of hydrogen-bond acceptors (Lipinski definition) is 6. The topological polar surface area (TPSA) is 77.5 Å². The van der Waals surface area contributed by atoms with Crippen LogP contribution in [0.25, 0.3) is 0 Å². The van der Waals surface area contributed by atoms with Crippen LogP contribution in [0, 0.1) is 0 Å². The van der Waals surface area contributed by atoms with Crippen molar-refractivity contribution in [2.24, 2.45) is 0 Å². The first kappa shape index (κ1) is 11.4. The minimum atomic E-state index is -0.589. The minimum Gasteiger partial charge on any atom is -0.469 e. The predicted octanol–water partition coefficient (Wildman–Crippen LogP) is 1.04. The molecule has 0 bridgehead atoms. The highest BCUT2D eigenvalue weighted by atomic mass is 32.1. The number of hydrogen-bond donors (Lipinski definition) is 1. The van der Waals surface area contributed by atoms with Gasteiger partial charge in [-0.1, -0.05) is 0 Å². The number of carbonyl (C=O) groups is 2. The highest BCUT2D eigenvalue weighted by Crippen LogP contribution is 2.15. The Balaban J connectivity index is 2.56. The molecule has 1 N–H and O–H groups in total. The number of aromatic nitrogens is 1. The Hall–Kier alpha value is -1.63. The van der Waals surface area contributed by atoms with E-state index >= 15 is 0 Å². The fourth-order valence-corrected chi connectivity index (χ4v) is 1.50. The average molecular weight is 230 g/mol. The summed E-state index contributed by atoms with van der Waals surface area (Å²) in [5.41, 5.74) is 0.554. The molecule has 0 aromatic carbocycles. The van der Waals surface area contributed by atoms with E-state index in [0.29, 0.717) is 10.8 Å². The van der Waals surface area contributed by atoms with Crippen LogP contribution in [0.1, 0.15) is 5.69 Å². The van der Waals surface area contributed by atoms with Crippen LogP contribution in [-0.4, -0.2) is 31.3 Å². The molecule has 0 aliphatic carbocycles. The second kappa shape index (κ2) is 5.30. The summed E-state index contributed by atoms with van der Waals surface area (Å²) in [4.78, 5) is 25.7. The molecule has 0 aliphatic rings. The number of rotatable bonds is 3. The molecule has 0 aliphatic heterocycles. The largest absolute Gasteiger partial charge is 0.469 e. The van der Waals surface area contributed by atoms with Gasteiger partial charge in [0.2, 0.25) is 0 Å². The van der Waals surface area contributed by atoms with Crippen molar-refractivity contribution < 1.29 is 19.1 Å². The first-order valence-electron chi connectivity index (χ1n) is 4.02. The maximum atomic E-state index is 10.9. The molecule has 1 amide bonds. The smallest absolute Gasteiger partial charge is 0.413 e. The van der Waals surface area contributed by atoms with Gasteiger partial charge in [0.1, 0.15) is 0 Å². The van der Waals surface area contributed by atoms with Crippen molar-refractivity contribution in [2.75, 3.05) is 19.5 Å². The molecule has 0 radical (unpaired) electrons. The molecule has 0 spiro atoms. The number of esters is 1. The lowest BCUT2D eigenvalue weighted by Crippen LogP contribution is -2.11. The monoisotopic (exact) mass is 230 g/mol. The maximum absolute atomic E-state index is 10.9. The molecule has 0 atom stereocenters. The van der Waals surface area contributed by atoms with Gasteiger partial charge in [-0.3, -0.25) is 10.1 Å². The zero-order valence-corrected chi connectivity index (χ0v) is 9.09. The van der Waals surface area contributed by atoms with Crippen LogP contribution < -0.4 is 5.32 Å². The second-order valence-corrected chi connectivity index (χ2v) is 3.37. The van der Waals surface area contributed by atoms with Gasteiger partial charge in [0.15, 0.2) is 5.13 Å². The van der Waals surface area contributed by atoms with Gasteiger partial charge in [-0.2, -0.15) is 0 Å². The Morgan fingerprint density at radius 2 is 2.20 bits per heavy atom. The van der Waals surface area contributed by atoms with Crippen molar-refractivity contribution in [3.05, 3.63) is 11.1 Å². The van der Waals surface area contributed by atoms with Crippen molar-refractivity contribution in [3.8, 4) is 0 Å². The van der Waals surface area contributed by atoms with E-state index in [0.717, 1.165) is 0 Å². The molecule has 1 heterocycles. The molecular formula is C8H10N2O4S. The van der Waals surface area contributed by atoms with Crippen LogP contribution >= 0.6 is 11.3 Å². The normalized spacial score (nSPS) is 9.47. The van der Waals surface area contributed by atoms with Crippen molar-refractivity contribution in [1.29, 1.82) is 0 Å². The molecule has 1 rings (SSSR count). The Morgan fingerprint density at radius 3 is 2.80 bits per heavy atom. The highest BCUT2D eigenvalue weighted by molar-refractivity contribution is 7.13. The number of anilines is 1. The van der Waals surface area contributed by atoms with E-state index in [-0.39, 0.29) is 12.4 Å². The molecule has 0 saturated heterocycles. The third-order valence-electron chi connectivity index (χ3n) is 1.50. The molecule has 1 aromatic rings. The third-order valence-corrected chi connectivity index (χ3v) is 2.31. The molecule has 82 valence electrons. The molecule has 0 saturated carbocycles. The number of carbonyl (C=O) groups excluding carboxylic acids is 2. The number of amides is 1. The van der Waals surface area contributed by atoms with Crippen LogP contribution in [-0.2, 0) is 20.7 Å². The summed E-state index contributed by atoms with van der Waals surface area (Å²) in [6.07, 6.45) is -0.496. The van der Waals surface area contributed by atoms with Crippen molar-refractivity contribution >= 4 is 28.5 Å². The van der Waals surface area contributed by atoms with Gasteiger partial charge in [-0.25, -0.2) is 9.78 Å². The molecular weight excluding hydrogens is 220 g/mol. The summed E-state index contributed by atoms with van der Waals surface area (Å²) >= 11 is 1.21. The fraction of sp³-hybridized carbons (Fsp3) is 0.375. The van der Waals surface area contributed by atoms with E-state index in [1.807, 2.05) is 0 Å². The number of methoxy groups -OCH3 is 2. The quantitative estimate of drug-likeness (QED) is 0.785. The van der Waals surface area contributed by atoms with Gasteiger partial charge in [0.05, 0.1) is 26.3 Å². The first-order chi connectivity index (χ1) is 7.15. The standard InChI is InChI=1S/C8H10N2O4S/c1-13-6(11)3-5-4-15-7(9-5)10-8(12)14-2/h4H,3H2,1-2H3,(H,9,10,12). The van der Waals surface area contributed by atoms with E-state index in [2.05, 4.69) is 19.8 Å². The average Bonchev–Trinajstić information content (AvgIpc) is 2.65. The molecule has 7 heteroatoms. The Kier molecular flexibility index (Phi) is 4.04. The number of thiazole rings is 1. The second-order valence-electron chi connectivity index (χ2n) is 2.51. The lowest BCUT2D eigenvalue weighted by atomic mass is 10.3. The van der Waals surface area contributed by atoms with E-state index in [1.165, 1.54) is 25.6 Å². The summed E-state index contributed by atoms with van der Waals surface area (Å²) in [6.45, 7) is 0. The Bertz CT molecular complexity index is 331. The SMILES string of the molecule is COC(=O)Cc1csc(NC(=O)OC)n1. The molecule has 6 nitrogen and oxygen atoms in total. The first-order valence-corrected chi connectivity index (χ1v) is 4.90. The van der Waals surface area contributed by atoms with Crippen LogP contribution in [0.15, 0.2) is 5.38 Å². The van der Waals surface area contributed by atoms with Crippen LogP contribution in [0.4, 0.5) is 9.93 Å². The number of nitrogens with zero attached hydrogens (tertiary/aromatic N) is 1. The van der Waals surface area contributed by atoms with Gasteiger partial charge >= 0.3 is 12.1 Å². The third kappa shape index (κ3) is 3.55. The van der Waals surface area contributed by atoms with E-state index in [9.17, 15) is 9.59 Å². The van der Waals surface area contributed by atoms with Gasteiger partial charge < -0.3 is 9.47 Å². The lowest BCUT2D eigenvalue weighted by molar-refractivity contribution is -0.139. The Labute approximate surface area is 90.2 Å². The van der Waals surface area contributed by atoms with Crippen LogP contribution in [0.2, 0.25) is 0 Å². The molecule has 15 heavy (non-hydrogen) atoms. The molecule has 0 unspecified atom stereocenters. The van der Waals surface area contributed by atoms with Crippen LogP contribution in [0.3, 0.4) is 0 Å². The summed E-state index contributed by atoms with van der Waals surface area (Å²) in [7, 11) is 2.57. The van der Waals surface area contributed by atoms with Gasteiger partial charge in [0, 0.05) is 5.38 Å². The minimum absolute atomic E-state index is 0.0931. The van der Waals surface area contributed by atoms with Crippen molar-refractivity contribution in [2.45, 2.75) is 6.42 Å². The lowest BCUT2D eigenvalue weighted by Gasteiger charge is -1.97. The van der Waals surface area contributed by atoms with Gasteiger partial charge in [-0.15, -0.1) is 11.3 Å². The predicted molar refractivity (Wildman–Crippen MR) is 53.9 cm³/mol. The fourth-order valence-electron chi connectivity index (χ4n) is 0.804. The van der Waals surface area contributed by atoms with E-state index < -0.39 is 6.09 Å². The Morgan fingerprint density at radius 1 is 1.47 bits per heavy atom. The van der Waals surface area contributed by atoms with E-state index in [4.69, 9.17) is 0 Å². The summed E-state index contributed by atoms with van der Waals surface area (Å²) in [6, 6.07) is 0. The molecule has 1 aromatic heterocycles. The van der Waals surface area contributed by atoms with Gasteiger partial charge in [0.25, 0.3) is 0 Å². The van der Waals surface area contributed by atoms with Crippen LogP contribution in [0.5, 0.6) is 0 Å². The summed E-state index contributed by atoms with van der Waals surface area (Å²) in [5, 5.41) is 4.46. The number of nitrogens with one attached hydrogen (secondary N) is 1. The zero-order valence-electron chi connectivity index (χ0n) is 8.27. The van der Waals surface area contributed by atoms with Crippen molar-refractivity contribution in [1.82, 2.24) is 4.98 Å². The number of ether oxygens (including phenoxy) is 2. The summed E-state index contributed by atoms with van der Waals surface area (Å²) in [5.74, 6) is -0.370. The van der Waals surface area contributed by atoms with E-state index in [1.54, 1.807) is 5.38 Å². The van der Waals surface area contributed by atoms with Crippen molar-refractivity contribution in [3.63, 3.8) is 0 Å². The van der Waals surface area contributed by atoms with Gasteiger partial charge in [-0.05, 0) is 0 Å². The highest BCUT2D eigenvalue weighted by Gasteiger charge is 2.09. The zero-order chi connectivity index (χ0) is 11.3. The summed E-state index contributed by atoms with van der Waals surface area (Å²) < 4.78 is 8.87. The maximum Gasteiger partial charge on any atom is 0.413 e. The molecule has 0 fully saturated rings.